The van der Waals surface area contributed by atoms with Crippen LogP contribution in [-0.2, 0) is 0 Å². The Labute approximate surface area is 101 Å². The Bertz CT molecular complexity index is 586. The number of hydrogen-bond donors (Lipinski definition) is 1. The molecule has 0 fully saturated rings. The largest absolute Gasteiger partial charge is 0.478 e. The Morgan fingerprint density at radius 2 is 2.12 bits per heavy atom. The lowest BCUT2D eigenvalue weighted by Crippen LogP contribution is -2.01. The lowest BCUT2D eigenvalue weighted by molar-refractivity contribution is 0.0697. The van der Waals surface area contributed by atoms with Crippen LogP contribution in [0.4, 0.5) is 4.39 Å². The van der Waals surface area contributed by atoms with Crippen molar-refractivity contribution >= 4 is 17.6 Å². The van der Waals surface area contributed by atoms with Gasteiger partial charge in [-0.05, 0) is 30.3 Å². The molecule has 0 amide bonds. The molecule has 0 spiro atoms. The minimum absolute atomic E-state index is 0.161. The number of benzene rings is 1. The molecule has 1 aromatic heterocycles. The van der Waals surface area contributed by atoms with Crippen LogP contribution in [0.3, 0.4) is 0 Å². The van der Waals surface area contributed by atoms with E-state index in [2.05, 4.69) is 4.98 Å². The first kappa shape index (κ1) is 11.5. The van der Waals surface area contributed by atoms with Gasteiger partial charge in [0.1, 0.15) is 5.82 Å². The van der Waals surface area contributed by atoms with E-state index in [0.29, 0.717) is 16.3 Å². The summed E-state index contributed by atoms with van der Waals surface area (Å²) < 4.78 is 13.0. The van der Waals surface area contributed by atoms with Gasteiger partial charge in [0.05, 0.1) is 16.3 Å². The molecule has 0 aliphatic heterocycles. The zero-order valence-electron chi connectivity index (χ0n) is 8.52. The molecule has 0 saturated heterocycles. The molecule has 1 N–H and O–H groups in total. The molecule has 0 aliphatic carbocycles. The molecule has 1 heterocycles. The standard InChI is InChI=1S/C12H7ClFNO2/c13-10-2-1-5-15-11(10)8-4-3-7(14)6-9(8)12(16)17/h1-6H,(H,16,17). The predicted molar refractivity (Wildman–Crippen MR) is 61.6 cm³/mol. The number of aromatic nitrogens is 1. The Kier molecular flexibility index (Phi) is 3.06. The molecule has 1 aromatic carbocycles. The van der Waals surface area contributed by atoms with Gasteiger partial charge in [-0.2, -0.15) is 0 Å². The van der Waals surface area contributed by atoms with Crippen LogP contribution >= 0.6 is 11.6 Å². The van der Waals surface area contributed by atoms with E-state index in [1.54, 1.807) is 12.1 Å². The SMILES string of the molecule is O=C(O)c1cc(F)ccc1-c1ncccc1Cl. The molecular weight excluding hydrogens is 245 g/mol. The lowest BCUT2D eigenvalue weighted by atomic mass is 10.0. The quantitative estimate of drug-likeness (QED) is 0.891. The van der Waals surface area contributed by atoms with Gasteiger partial charge in [-0.25, -0.2) is 9.18 Å². The molecule has 2 aromatic rings. The number of nitrogens with zero attached hydrogens (tertiary/aromatic N) is 1. The molecule has 17 heavy (non-hydrogen) atoms. The molecule has 0 saturated carbocycles. The molecule has 0 bridgehead atoms. The van der Waals surface area contributed by atoms with Crippen molar-refractivity contribution < 1.29 is 14.3 Å². The van der Waals surface area contributed by atoms with Gasteiger partial charge >= 0.3 is 5.97 Å². The van der Waals surface area contributed by atoms with Crippen LogP contribution in [0.2, 0.25) is 5.02 Å². The first-order chi connectivity index (χ1) is 8.09. The topological polar surface area (TPSA) is 50.2 Å². The fourth-order valence-corrected chi connectivity index (χ4v) is 1.71. The van der Waals surface area contributed by atoms with Crippen LogP contribution in [0.15, 0.2) is 36.5 Å². The second-order valence-corrected chi connectivity index (χ2v) is 3.74. The summed E-state index contributed by atoms with van der Waals surface area (Å²) in [6.07, 6.45) is 1.50. The van der Waals surface area contributed by atoms with Crippen molar-refractivity contribution in [3.05, 3.63) is 52.9 Å². The fourth-order valence-electron chi connectivity index (χ4n) is 1.48. The highest BCUT2D eigenvalue weighted by Crippen LogP contribution is 2.28. The summed E-state index contributed by atoms with van der Waals surface area (Å²) in [7, 11) is 0. The molecule has 5 heteroatoms. The van der Waals surface area contributed by atoms with Crippen molar-refractivity contribution in [3.63, 3.8) is 0 Å². The molecule has 0 unspecified atom stereocenters. The van der Waals surface area contributed by atoms with Gasteiger partial charge in [0.25, 0.3) is 0 Å². The second kappa shape index (κ2) is 4.51. The van der Waals surface area contributed by atoms with Crippen molar-refractivity contribution in [2.24, 2.45) is 0 Å². The minimum atomic E-state index is -1.22. The summed E-state index contributed by atoms with van der Waals surface area (Å²) in [6.45, 7) is 0. The summed E-state index contributed by atoms with van der Waals surface area (Å²) in [6, 6.07) is 6.71. The first-order valence-electron chi connectivity index (χ1n) is 4.73. The summed E-state index contributed by atoms with van der Waals surface area (Å²) in [5, 5.41) is 9.33. The van der Waals surface area contributed by atoms with Crippen molar-refractivity contribution in [2.45, 2.75) is 0 Å². The average molecular weight is 252 g/mol. The van der Waals surface area contributed by atoms with E-state index in [1.807, 2.05) is 0 Å². The third-order valence-electron chi connectivity index (χ3n) is 2.23. The molecule has 86 valence electrons. The maximum atomic E-state index is 13.0. The molecule has 2 rings (SSSR count). The highest BCUT2D eigenvalue weighted by molar-refractivity contribution is 6.33. The minimum Gasteiger partial charge on any atom is -0.478 e. The third-order valence-corrected chi connectivity index (χ3v) is 2.53. The van der Waals surface area contributed by atoms with E-state index in [0.717, 1.165) is 6.07 Å². The number of aromatic carboxylic acids is 1. The van der Waals surface area contributed by atoms with Crippen molar-refractivity contribution in [1.29, 1.82) is 0 Å². The van der Waals surface area contributed by atoms with Crippen LogP contribution < -0.4 is 0 Å². The maximum absolute atomic E-state index is 13.0. The van der Waals surface area contributed by atoms with E-state index in [4.69, 9.17) is 16.7 Å². The van der Waals surface area contributed by atoms with Gasteiger partial charge in [0.15, 0.2) is 0 Å². The van der Waals surface area contributed by atoms with Gasteiger partial charge in [-0.15, -0.1) is 0 Å². The number of carboxylic acid groups (broad SMARTS) is 1. The van der Waals surface area contributed by atoms with Gasteiger partial charge in [-0.1, -0.05) is 11.6 Å². The summed E-state index contributed by atoms with van der Waals surface area (Å²) in [5.74, 6) is -1.83. The summed E-state index contributed by atoms with van der Waals surface area (Å²) in [5.41, 5.74) is 0.460. The Morgan fingerprint density at radius 3 is 2.76 bits per heavy atom. The number of pyridine rings is 1. The second-order valence-electron chi connectivity index (χ2n) is 3.33. The van der Waals surface area contributed by atoms with Crippen LogP contribution in [-0.4, -0.2) is 16.1 Å². The number of hydrogen-bond acceptors (Lipinski definition) is 2. The average Bonchev–Trinajstić information content (AvgIpc) is 2.30. The number of carboxylic acids is 1. The Morgan fingerprint density at radius 1 is 1.35 bits per heavy atom. The third kappa shape index (κ3) is 2.26. The highest BCUT2D eigenvalue weighted by Gasteiger charge is 2.15. The molecule has 0 atom stereocenters. The fraction of sp³-hybridized carbons (Fsp3) is 0. The maximum Gasteiger partial charge on any atom is 0.336 e. The van der Waals surface area contributed by atoms with E-state index in [9.17, 15) is 9.18 Å². The van der Waals surface area contributed by atoms with E-state index < -0.39 is 11.8 Å². The monoisotopic (exact) mass is 251 g/mol. The van der Waals surface area contributed by atoms with Crippen molar-refractivity contribution in [3.8, 4) is 11.3 Å². The van der Waals surface area contributed by atoms with E-state index in [1.165, 1.54) is 18.3 Å². The molecular formula is C12H7ClFNO2. The number of rotatable bonds is 2. The normalized spacial score (nSPS) is 10.2. The number of carbonyl (C=O) groups is 1. The van der Waals surface area contributed by atoms with Crippen LogP contribution in [0.5, 0.6) is 0 Å². The molecule has 0 radical (unpaired) electrons. The highest BCUT2D eigenvalue weighted by atomic mass is 35.5. The van der Waals surface area contributed by atoms with Crippen molar-refractivity contribution in [2.75, 3.05) is 0 Å². The Hall–Kier alpha value is -1.94. The molecule has 0 aliphatic rings. The summed E-state index contributed by atoms with van der Waals surface area (Å²) in [4.78, 5) is 15.0. The lowest BCUT2D eigenvalue weighted by Gasteiger charge is -2.06. The zero-order chi connectivity index (χ0) is 12.4. The van der Waals surface area contributed by atoms with Crippen LogP contribution in [0.1, 0.15) is 10.4 Å². The van der Waals surface area contributed by atoms with Crippen molar-refractivity contribution in [1.82, 2.24) is 4.98 Å². The predicted octanol–water partition coefficient (Wildman–Crippen LogP) is 3.24. The smallest absolute Gasteiger partial charge is 0.336 e. The van der Waals surface area contributed by atoms with Gasteiger partial charge in [0.2, 0.25) is 0 Å². The van der Waals surface area contributed by atoms with Gasteiger partial charge < -0.3 is 5.11 Å². The van der Waals surface area contributed by atoms with Crippen LogP contribution in [0, 0.1) is 5.82 Å². The van der Waals surface area contributed by atoms with E-state index in [-0.39, 0.29) is 5.56 Å². The Balaban J connectivity index is 2.68. The zero-order valence-corrected chi connectivity index (χ0v) is 9.28. The first-order valence-corrected chi connectivity index (χ1v) is 5.11. The van der Waals surface area contributed by atoms with E-state index >= 15 is 0 Å². The summed E-state index contributed by atoms with van der Waals surface area (Å²) >= 11 is 5.93. The number of halogens is 2. The van der Waals surface area contributed by atoms with Crippen LogP contribution in [0.25, 0.3) is 11.3 Å². The van der Waals surface area contributed by atoms with Gasteiger partial charge in [0, 0.05) is 11.8 Å². The van der Waals surface area contributed by atoms with Gasteiger partial charge in [-0.3, -0.25) is 4.98 Å². The molecule has 3 nitrogen and oxygen atoms in total.